The van der Waals surface area contributed by atoms with Gasteiger partial charge in [0.1, 0.15) is 17.8 Å². The summed E-state index contributed by atoms with van der Waals surface area (Å²) in [6, 6.07) is 10.6. The van der Waals surface area contributed by atoms with Crippen LogP contribution >= 0.6 is 0 Å². The van der Waals surface area contributed by atoms with Gasteiger partial charge in [0.05, 0.1) is 11.4 Å². The van der Waals surface area contributed by atoms with Crippen molar-refractivity contribution in [3.63, 3.8) is 0 Å². The molecule has 3 aromatic heterocycles. The van der Waals surface area contributed by atoms with Crippen LogP contribution in [0.5, 0.6) is 0 Å². The van der Waals surface area contributed by atoms with Crippen molar-refractivity contribution in [2.75, 3.05) is 6.54 Å². The van der Waals surface area contributed by atoms with Gasteiger partial charge in [-0.3, -0.25) is 9.88 Å². The smallest absolute Gasteiger partial charge is 0.258 e. The Hall–Kier alpha value is -3.78. The first kappa shape index (κ1) is 15.7. The molecule has 8 nitrogen and oxygen atoms in total. The molecule has 0 aromatic carbocycles. The summed E-state index contributed by atoms with van der Waals surface area (Å²) in [6.07, 6.45) is 5.57. The number of nitrogens with zero attached hydrogens (tertiary/aromatic N) is 7. The number of likely N-dealkylation sites (tertiary alicyclic amines) is 1. The minimum atomic E-state index is -0.132. The molecule has 0 N–H and O–H groups in total. The van der Waals surface area contributed by atoms with Crippen molar-refractivity contribution in [2.45, 2.75) is 18.9 Å². The molecule has 0 radical (unpaired) electrons. The van der Waals surface area contributed by atoms with Crippen molar-refractivity contribution in [1.29, 1.82) is 10.5 Å². The Kier molecular flexibility index (Phi) is 4.00. The molecule has 1 fully saturated rings. The fourth-order valence-corrected chi connectivity index (χ4v) is 2.99. The molecule has 1 saturated heterocycles. The summed E-state index contributed by atoms with van der Waals surface area (Å²) in [4.78, 5) is 14.7. The highest BCUT2D eigenvalue weighted by molar-refractivity contribution is 5.63. The molecule has 4 rings (SSSR count). The van der Waals surface area contributed by atoms with E-state index in [0.29, 0.717) is 40.9 Å². The maximum absolute atomic E-state index is 9.18. The molecule has 4 heterocycles. The van der Waals surface area contributed by atoms with Crippen LogP contribution in [0.3, 0.4) is 0 Å². The molecule has 1 aliphatic rings. The van der Waals surface area contributed by atoms with Crippen LogP contribution in [-0.4, -0.2) is 31.6 Å². The molecule has 1 aliphatic heterocycles. The number of hydrogen-bond acceptors (Lipinski definition) is 8. The van der Waals surface area contributed by atoms with Crippen molar-refractivity contribution in [3.8, 4) is 35.1 Å². The van der Waals surface area contributed by atoms with E-state index in [9.17, 15) is 5.26 Å². The monoisotopic (exact) mass is 343 g/mol. The van der Waals surface area contributed by atoms with E-state index < -0.39 is 0 Å². The van der Waals surface area contributed by atoms with E-state index in [0.717, 1.165) is 12.8 Å². The molecule has 0 saturated carbocycles. The second-order valence-electron chi connectivity index (χ2n) is 5.86. The van der Waals surface area contributed by atoms with E-state index >= 15 is 0 Å². The number of hydrogen-bond donors (Lipinski definition) is 0. The first-order valence-corrected chi connectivity index (χ1v) is 8.12. The fraction of sp³-hybridized carbons (Fsp3) is 0.222. The van der Waals surface area contributed by atoms with Gasteiger partial charge in [-0.05, 0) is 37.1 Å². The van der Waals surface area contributed by atoms with E-state index in [1.165, 1.54) is 0 Å². The van der Waals surface area contributed by atoms with E-state index in [1.54, 1.807) is 41.4 Å². The first-order valence-electron chi connectivity index (χ1n) is 8.12. The number of nitriles is 2. The lowest BCUT2D eigenvalue weighted by molar-refractivity contribution is 0.339. The quantitative estimate of drug-likeness (QED) is 0.666. The van der Waals surface area contributed by atoms with Crippen LogP contribution in [0.15, 0.2) is 41.1 Å². The van der Waals surface area contributed by atoms with Gasteiger partial charge in [-0.15, -0.1) is 0 Å². The van der Waals surface area contributed by atoms with Crippen LogP contribution in [-0.2, 0) is 0 Å². The van der Waals surface area contributed by atoms with E-state index in [2.05, 4.69) is 26.3 Å². The second kappa shape index (κ2) is 6.61. The Morgan fingerprint density at radius 3 is 2.92 bits per heavy atom. The summed E-state index contributed by atoms with van der Waals surface area (Å²) in [5, 5.41) is 22.2. The molecule has 3 aromatic rings. The topological polar surface area (TPSA) is 116 Å². The van der Waals surface area contributed by atoms with Gasteiger partial charge in [-0.2, -0.15) is 15.5 Å². The van der Waals surface area contributed by atoms with Crippen molar-refractivity contribution in [2.24, 2.45) is 0 Å². The second-order valence-corrected chi connectivity index (χ2v) is 5.86. The third-order valence-electron chi connectivity index (χ3n) is 4.25. The highest BCUT2D eigenvalue weighted by atomic mass is 16.5. The largest absolute Gasteiger partial charge is 0.334 e. The lowest BCUT2D eigenvalue weighted by Gasteiger charge is -2.13. The van der Waals surface area contributed by atoms with Crippen molar-refractivity contribution in [1.82, 2.24) is 25.0 Å². The predicted octanol–water partition coefficient (Wildman–Crippen LogP) is 2.68. The molecule has 0 amide bonds. The van der Waals surface area contributed by atoms with Crippen LogP contribution in [0.25, 0.3) is 22.8 Å². The number of pyridine rings is 2. The summed E-state index contributed by atoms with van der Waals surface area (Å²) in [5.74, 6) is 0.881. The summed E-state index contributed by atoms with van der Waals surface area (Å²) in [5.41, 5.74) is 2.24. The van der Waals surface area contributed by atoms with Crippen LogP contribution in [0.4, 0.5) is 0 Å². The number of aromatic nitrogens is 4. The highest BCUT2D eigenvalue weighted by Crippen LogP contribution is 2.31. The van der Waals surface area contributed by atoms with Gasteiger partial charge in [-0.25, -0.2) is 4.98 Å². The van der Waals surface area contributed by atoms with Crippen molar-refractivity contribution in [3.05, 3.63) is 48.0 Å². The molecule has 0 bridgehead atoms. The number of rotatable bonds is 3. The van der Waals surface area contributed by atoms with Crippen molar-refractivity contribution < 1.29 is 4.52 Å². The molecule has 126 valence electrons. The van der Waals surface area contributed by atoms with Crippen LogP contribution in [0.2, 0.25) is 0 Å². The first-order chi connectivity index (χ1) is 12.8. The molecular formula is C18H13N7O. The van der Waals surface area contributed by atoms with Gasteiger partial charge < -0.3 is 4.52 Å². The molecule has 1 unspecified atom stereocenters. The average Bonchev–Trinajstić information content (AvgIpc) is 3.37. The molecule has 1 atom stereocenters. The zero-order valence-electron chi connectivity index (χ0n) is 13.7. The summed E-state index contributed by atoms with van der Waals surface area (Å²) in [7, 11) is 0. The third-order valence-corrected chi connectivity index (χ3v) is 4.25. The van der Waals surface area contributed by atoms with Gasteiger partial charge in [0.2, 0.25) is 0 Å². The molecule has 0 aliphatic carbocycles. The lowest BCUT2D eigenvalue weighted by Crippen LogP contribution is -2.17. The lowest BCUT2D eigenvalue weighted by atomic mass is 10.1. The van der Waals surface area contributed by atoms with Gasteiger partial charge >= 0.3 is 0 Å². The summed E-state index contributed by atoms with van der Waals surface area (Å²) < 4.78 is 5.39. The van der Waals surface area contributed by atoms with Gasteiger partial charge in [0, 0.05) is 18.3 Å². The zero-order valence-corrected chi connectivity index (χ0v) is 13.7. The van der Waals surface area contributed by atoms with Crippen LogP contribution < -0.4 is 0 Å². The minimum absolute atomic E-state index is 0.132. The normalized spacial score (nSPS) is 16.2. The van der Waals surface area contributed by atoms with E-state index in [1.807, 2.05) is 6.07 Å². The minimum Gasteiger partial charge on any atom is -0.334 e. The SMILES string of the molecule is N#Cc1cccc(-c2cc(-c3nc(C4CCCN4C#N)no3)ccn2)n1. The molecule has 26 heavy (non-hydrogen) atoms. The zero-order chi connectivity index (χ0) is 17.9. The third kappa shape index (κ3) is 2.85. The molecular weight excluding hydrogens is 330 g/mol. The molecule has 8 heteroatoms. The van der Waals surface area contributed by atoms with E-state index in [4.69, 9.17) is 9.78 Å². The van der Waals surface area contributed by atoms with Crippen LogP contribution in [0.1, 0.15) is 30.4 Å². The highest BCUT2D eigenvalue weighted by Gasteiger charge is 2.29. The van der Waals surface area contributed by atoms with Gasteiger partial charge in [0.15, 0.2) is 12.0 Å². The van der Waals surface area contributed by atoms with Crippen LogP contribution in [0, 0.1) is 22.8 Å². The Morgan fingerprint density at radius 1 is 1.15 bits per heavy atom. The van der Waals surface area contributed by atoms with Gasteiger partial charge in [0.25, 0.3) is 5.89 Å². The van der Waals surface area contributed by atoms with Gasteiger partial charge in [-0.1, -0.05) is 11.2 Å². The summed E-state index contributed by atoms with van der Waals surface area (Å²) >= 11 is 0. The summed E-state index contributed by atoms with van der Waals surface area (Å²) in [6.45, 7) is 0.714. The molecule has 0 spiro atoms. The Balaban J connectivity index is 1.65. The fourth-order valence-electron chi connectivity index (χ4n) is 2.99. The Labute approximate surface area is 149 Å². The average molecular weight is 343 g/mol. The van der Waals surface area contributed by atoms with Crippen molar-refractivity contribution >= 4 is 0 Å². The maximum atomic E-state index is 9.18. The maximum Gasteiger partial charge on any atom is 0.258 e. The Morgan fingerprint density at radius 2 is 2.08 bits per heavy atom. The predicted molar refractivity (Wildman–Crippen MR) is 89.8 cm³/mol. The standard InChI is InChI=1S/C18H13N7O/c19-10-13-3-1-4-14(22-13)15-9-12(6-7-21-15)18-23-17(24-26-18)16-5-2-8-25(16)11-20/h1,3-4,6-7,9,16H,2,5,8H2. The Bertz CT molecular complexity index is 1030. The van der Waals surface area contributed by atoms with E-state index in [-0.39, 0.29) is 6.04 Å².